The maximum absolute atomic E-state index is 12.4. The van der Waals surface area contributed by atoms with Gasteiger partial charge in [-0.2, -0.15) is 0 Å². The Morgan fingerprint density at radius 2 is 1.70 bits per heavy atom. The Balaban J connectivity index is 1.25. The summed E-state index contributed by atoms with van der Waals surface area (Å²) in [5, 5.41) is 2.68. The normalized spacial score (nSPS) is 15.2. The summed E-state index contributed by atoms with van der Waals surface area (Å²) in [4.78, 5) is 38.5. The van der Waals surface area contributed by atoms with Gasteiger partial charge in [0.25, 0.3) is 5.91 Å². The first kappa shape index (κ1) is 22.1. The lowest BCUT2D eigenvalue weighted by atomic mass is 10.1. The van der Waals surface area contributed by atoms with Gasteiger partial charge in [0.15, 0.2) is 6.61 Å². The van der Waals surface area contributed by atoms with Crippen molar-refractivity contribution >= 4 is 29.2 Å². The number of anilines is 2. The van der Waals surface area contributed by atoms with Gasteiger partial charge in [-0.05, 0) is 61.0 Å². The molecule has 0 aliphatic carbocycles. The molecule has 1 atom stereocenters. The Hall–Kier alpha value is -4.13. The Morgan fingerprint density at radius 3 is 2.42 bits per heavy atom. The summed E-state index contributed by atoms with van der Waals surface area (Å²) >= 11 is 0. The lowest BCUT2D eigenvalue weighted by Crippen LogP contribution is -2.28. The quantitative estimate of drug-likeness (QED) is 0.549. The molecule has 33 heavy (non-hydrogen) atoms. The van der Waals surface area contributed by atoms with Gasteiger partial charge in [-0.15, -0.1) is 0 Å². The van der Waals surface area contributed by atoms with Gasteiger partial charge < -0.3 is 19.7 Å². The second-order valence-corrected chi connectivity index (χ2v) is 7.84. The number of nitrogens with one attached hydrogen (secondary N) is 1. The summed E-state index contributed by atoms with van der Waals surface area (Å²) in [6.45, 7) is 1.76. The SMILES string of the molecule is Cc1cccc(N2C[C@H](C(=O)OCC(=O)Nc3ccc(Oc4ccccc4)cc3)CC2=O)c1. The number of para-hydroxylation sites is 1. The molecule has 1 aliphatic heterocycles. The summed E-state index contributed by atoms with van der Waals surface area (Å²) in [6, 6.07) is 23.8. The number of rotatable bonds is 7. The number of amides is 2. The first-order valence-corrected chi connectivity index (χ1v) is 10.6. The fraction of sp³-hybridized carbons (Fsp3) is 0.192. The van der Waals surface area contributed by atoms with E-state index in [-0.39, 0.29) is 18.9 Å². The minimum absolute atomic E-state index is 0.0667. The summed E-state index contributed by atoms with van der Waals surface area (Å²) in [6.07, 6.45) is 0.0667. The predicted octanol–water partition coefficient (Wildman–Crippen LogP) is 4.32. The fourth-order valence-electron chi connectivity index (χ4n) is 3.59. The van der Waals surface area contributed by atoms with Crippen LogP contribution >= 0.6 is 0 Å². The monoisotopic (exact) mass is 444 g/mol. The van der Waals surface area contributed by atoms with Crippen LogP contribution in [0.3, 0.4) is 0 Å². The molecule has 0 radical (unpaired) electrons. The molecule has 2 amide bonds. The molecule has 3 aromatic carbocycles. The van der Waals surface area contributed by atoms with E-state index in [0.717, 1.165) is 11.3 Å². The van der Waals surface area contributed by atoms with Crippen LogP contribution in [0.2, 0.25) is 0 Å². The van der Waals surface area contributed by atoms with Crippen molar-refractivity contribution in [3.05, 3.63) is 84.4 Å². The highest BCUT2D eigenvalue weighted by atomic mass is 16.5. The number of hydrogen-bond acceptors (Lipinski definition) is 5. The number of esters is 1. The third-order valence-electron chi connectivity index (χ3n) is 5.23. The van der Waals surface area contributed by atoms with Gasteiger partial charge in [0.2, 0.25) is 5.91 Å². The Bertz CT molecular complexity index is 1140. The van der Waals surface area contributed by atoms with Crippen LogP contribution < -0.4 is 15.0 Å². The maximum Gasteiger partial charge on any atom is 0.311 e. The van der Waals surface area contributed by atoms with Crippen molar-refractivity contribution in [2.24, 2.45) is 5.92 Å². The summed E-state index contributed by atoms with van der Waals surface area (Å²) in [5.41, 5.74) is 2.34. The molecule has 7 heteroatoms. The van der Waals surface area contributed by atoms with Gasteiger partial charge in [-0.25, -0.2) is 0 Å². The molecule has 0 spiro atoms. The molecule has 168 valence electrons. The van der Waals surface area contributed by atoms with E-state index in [0.29, 0.717) is 17.2 Å². The van der Waals surface area contributed by atoms with Crippen molar-refractivity contribution in [3.8, 4) is 11.5 Å². The second kappa shape index (κ2) is 9.99. The molecule has 1 N–H and O–H groups in total. The predicted molar refractivity (Wildman–Crippen MR) is 124 cm³/mol. The van der Waals surface area contributed by atoms with E-state index in [9.17, 15) is 14.4 Å². The van der Waals surface area contributed by atoms with E-state index < -0.39 is 24.4 Å². The van der Waals surface area contributed by atoms with Crippen molar-refractivity contribution in [2.45, 2.75) is 13.3 Å². The first-order valence-electron chi connectivity index (χ1n) is 10.6. The van der Waals surface area contributed by atoms with Crippen molar-refractivity contribution in [3.63, 3.8) is 0 Å². The van der Waals surface area contributed by atoms with Gasteiger partial charge in [0, 0.05) is 24.3 Å². The number of aryl methyl sites for hydroxylation is 1. The third kappa shape index (κ3) is 5.77. The zero-order valence-corrected chi connectivity index (χ0v) is 18.2. The molecule has 1 heterocycles. The molecule has 0 bridgehead atoms. The lowest BCUT2D eigenvalue weighted by Gasteiger charge is -2.17. The number of ether oxygens (including phenoxy) is 2. The highest BCUT2D eigenvalue weighted by Crippen LogP contribution is 2.26. The molecular weight excluding hydrogens is 420 g/mol. The van der Waals surface area contributed by atoms with Crippen LogP contribution in [0, 0.1) is 12.8 Å². The summed E-state index contributed by atoms with van der Waals surface area (Å²) in [5.74, 6) is -0.396. The smallest absolute Gasteiger partial charge is 0.311 e. The van der Waals surface area contributed by atoms with Gasteiger partial charge in [0.05, 0.1) is 5.92 Å². The summed E-state index contributed by atoms with van der Waals surface area (Å²) in [7, 11) is 0. The first-order chi connectivity index (χ1) is 16.0. The van der Waals surface area contributed by atoms with E-state index in [4.69, 9.17) is 9.47 Å². The molecule has 0 aromatic heterocycles. The van der Waals surface area contributed by atoms with Gasteiger partial charge >= 0.3 is 5.97 Å². The number of benzene rings is 3. The molecule has 1 fully saturated rings. The molecule has 7 nitrogen and oxygen atoms in total. The van der Waals surface area contributed by atoms with Crippen molar-refractivity contribution < 1.29 is 23.9 Å². The average molecular weight is 444 g/mol. The Morgan fingerprint density at radius 1 is 0.970 bits per heavy atom. The second-order valence-electron chi connectivity index (χ2n) is 7.84. The molecule has 0 unspecified atom stereocenters. The molecule has 1 saturated heterocycles. The maximum atomic E-state index is 12.4. The topological polar surface area (TPSA) is 84.9 Å². The van der Waals surface area contributed by atoms with E-state index in [1.54, 1.807) is 29.2 Å². The third-order valence-corrected chi connectivity index (χ3v) is 5.23. The minimum atomic E-state index is -0.597. The number of hydrogen-bond donors (Lipinski definition) is 1. The standard InChI is InChI=1S/C26H24N2O5/c1-18-6-5-7-21(14-18)28-16-19(15-25(28)30)26(31)32-17-24(29)27-20-10-12-23(13-11-20)33-22-8-3-2-4-9-22/h2-14,19H,15-17H2,1H3,(H,27,29)/t19-/m1/s1. The zero-order chi connectivity index (χ0) is 23.2. The minimum Gasteiger partial charge on any atom is -0.457 e. The molecule has 1 aliphatic rings. The Kier molecular flexibility index (Phi) is 6.69. The van der Waals surface area contributed by atoms with Crippen molar-refractivity contribution in [1.29, 1.82) is 0 Å². The highest BCUT2D eigenvalue weighted by molar-refractivity contribution is 6.00. The van der Waals surface area contributed by atoms with Crippen LogP contribution in [0.25, 0.3) is 0 Å². The number of carbonyl (C=O) groups is 3. The van der Waals surface area contributed by atoms with Crippen molar-refractivity contribution in [1.82, 2.24) is 0 Å². The Labute approximate surface area is 191 Å². The summed E-state index contributed by atoms with van der Waals surface area (Å²) < 4.78 is 10.9. The largest absolute Gasteiger partial charge is 0.457 e. The number of carbonyl (C=O) groups excluding carboxylic acids is 3. The molecule has 4 rings (SSSR count). The van der Waals surface area contributed by atoms with Crippen molar-refractivity contribution in [2.75, 3.05) is 23.4 Å². The zero-order valence-electron chi connectivity index (χ0n) is 18.2. The van der Waals surface area contributed by atoms with Gasteiger partial charge in [0.1, 0.15) is 11.5 Å². The van der Waals surface area contributed by atoms with Crippen LogP contribution in [-0.4, -0.2) is 30.9 Å². The van der Waals surface area contributed by atoms with E-state index in [1.165, 1.54) is 0 Å². The van der Waals surface area contributed by atoms with E-state index >= 15 is 0 Å². The van der Waals surface area contributed by atoms with E-state index in [1.807, 2.05) is 61.5 Å². The molecule has 0 saturated carbocycles. The highest BCUT2D eigenvalue weighted by Gasteiger charge is 2.36. The van der Waals surface area contributed by atoms with Crippen LogP contribution in [0.4, 0.5) is 11.4 Å². The van der Waals surface area contributed by atoms with Crippen LogP contribution in [0.5, 0.6) is 11.5 Å². The van der Waals surface area contributed by atoms with Crippen LogP contribution in [0.15, 0.2) is 78.9 Å². The fourth-order valence-corrected chi connectivity index (χ4v) is 3.59. The van der Waals surface area contributed by atoms with Crippen LogP contribution in [-0.2, 0) is 19.1 Å². The van der Waals surface area contributed by atoms with Crippen LogP contribution in [0.1, 0.15) is 12.0 Å². The lowest BCUT2D eigenvalue weighted by molar-refractivity contribution is -0.151. The average Bonchev–Trinajstić information content (AvgIpc) is 3.21. The van der Waals surface area contributed by atoms with Gasteiger partial charge in [-0.1, -0.05) is 30.3 Å². The molecule has 3 aromatic rings. The number of nitrogens with zero attached hydrogens (tertiary/aromatic N) is 1. The molecular formula is C26H24N2O5. The van der Waals surface area contributed by atoms with E-state index in [2.05, 4.69) is 5.32 Å². The van der Waals surface area contributed by atoms with Gasteiger partial charge in [-0.3, -0.25) is 14.4 Å².